The molecule has 0 saturated carbocycles. The fraction of sp³-hybridized carbons (Fsp3) is 0.533. The molecule has 0 aliphatic carbocycles. The van der Waals surface area contributed by atoms with Gasteiger partial charge < -0.3 is 9.47 Å². The van der Waals surface area contributed by atoms with Crippen LogP contribution in [0.5, 0.6) is 5.75 Å². The number of nitrogens with zero attached hydrogens (tertiary/aromatic N) is 1. The SMILES string of the molecule is COc1ccccc1C(=O)CN1CCOCC1(C)C. The van der Waals surface area contributed by atoms with Crippen LogP contribution in [0.15, 0.2) is 24.3 Å². The number of Topliss-reactive ketones (excluding diaryl/α,β-unsaturated/α-hetero) is 1. The normalized spacial score (nSPS) is 19.1. The van der Waals surface area contributed by atoms with Crippen LogP contribution in [-0.4, -0.2) is 49.6 Å². The topological polar surface area (TPSA) is 38.8 Å². The van der Waals surface area contributed by atoms with Gasteiger partial charge in [-0.05, 0) is 26.0 Å². The van der Waals surface area contributed by atoms with Gasteiger partial charge in [-0.2, -0.15) is 0 Å². The fourth-order valence-corrected chi connectivity index (χ4v) is 2.32. The third-order valence-corrected chi connectivity index (χ3v) is 3.56. The molecule has 1 aromatic rings. The Morgan fingerprint density at radius 2 is 2.16 bits per heavy atom. The highest BCUT2D eigenvalue weighted by Gasteiger charge is 2.32. The van der Waals surface area contributed by atoms with Crippen molar-refractivity contribution in [2.45, 2.75) is 19.4 Å². The van der Waals surface area contributed by atoms with Gasteiger partial charge in [-0.3, -0.25) is 9.69 Å². The van der Waals surface area contributed by atoms with E-state index in [1.54, 1.807) is 7.11 Å². The van der Waals surface area contributed by atoms with Gasteiger partial charge in [0.1, 0.15) is 5.75 Å². The average Bonchev–Trinajstić information content (AvgIpc) is 2.41. The van der Waals surface area contributed by atoms with Crippen LogP contribution in [0, 0.1) is 0 Å². The van der Waals surface area contributed by atoms with E-state index < -0.39 is 0 Å². The molecule has 0 radical (unpaired) electrons. The maximum atomic E-state index is 12.4. The lowest BCUT2D eigenvalue weighted by atomic mass is 10.0. The van der Waals surface area contributed by atoms with Crippen molar-refractivity contribution in [2.75, 3.05) is 33.4 Å². The van der Waals surface area contributed by atoms with Crippen molar-refractivity contribution >= 4 is 5.78 Å². The summed E-state index contributed by atoms with van der Waals surface area (Å²) in [6.07, 6.45) is 0. The first-order chi connectivity index (χ1) is 9.04. The van der Waals surface area contributed by atoms with Gasteiger partial charge in [0.05, 0.1) is 32.4 Å². The van der Waals surface area contributed by atoms with Crippen molar-refractivity contribution in [1.29, 1.82) is 0 Å². The van der Waals surface area contributed by atoms with Crippen molar-refractivity contribution in [1.82, 2.24) is 4.90 Å². The monoisotopic (exact) mass is 263 g/mol. The molecule has 0 unspecified atom stereocenters. The summed E-state index contributed by atoms with van der Waals surface area (Å²) in [5.74, 6) is 0.728. The van der Waals surface area contributed by atoms with E-state index in [1.807, 2.05) is 24.3 Å². The van der Waals surface area contributed by atoms with Gasteiger partial charge in [-0.1, -0.05) is 12.1 Å². The van der Waals surface area contributed by atoms with Crippen molar-refractivity contribution in [3.8, 4) is 5.75 Å². The first-order valence-corrected chi connectivity index (χ1v) is 6.53. The Balaban J connectivity index is 2.12. The van der Waals surface area contributed by atoms with Gasteiger partial charge in [0.25, 0.3) is 0 Å². The average molecular weight is 263 g/mol. The van der Waals surface area contributed by atoms with E-state index in [1.165, 1.54) is 0 Å². The molecular formula is C15H21NO3. The van der Waals surface area contributed by atoms with Gasteiger partial charge in [0, 0.05) is 12.1 Å². The fourth-order valence-electron chi connectivity index (χ4n) is 2.32. The second kappa shape index (κ2) is 5.72. The smallest absolute Gasteiger partial charge is 0.180 e. The molecule has 0 N–H and O–H groups in total. The molecule has 4 nitrogen and oxygen atoms in total. The Labute approximate surface area is 114 Å². The van der Waals surface area contributed by atoms with Gasteiger partial charge in [0.15, 0.2) is 5.78 Å². The second-order valence-electron chi connectivity index (χ2n) is 5.41. The standard InChI is InChI=1S/C15H21NO3/c1-15(2)11-19-9-8-16(15)10-13(17)12-6-4-5-7-14(12)18-3/h4-7H,8-11H2,1-3H3. The zero-order valence-corrected chi connectivity index (χ0v) is 11.8. The van der Waals surface area contributed by atoms with E-state index in [9.17, 15) is 4.79 Å². The van der Waals surface area contributed by atoms with Crippen LogP contribution in [0.4, 0.5) is 0 Å². The number of ketones is 1. The van der Waals surface area contributed by atoms with Crippen molar-refractivity contribution in [2.24, 2.45) is 0 Å². The molecule has 1 heterocycles. The Kier molecular flexibility index (Phi) is 4.22. The number of ether oxygens (including phenoxy) is 2. The van der Waals surface area contributed by atoms with Gasteiger partial charge in [-0.25, -0.2) is 0 Å². The molecule has 1 aliphatic rings. The number of methoxy groups -OCH3 is 1. The first-order valence-electron chi connectivity index (χ1n) is 6.53. The molecule has 104 valence electrons. The van der Waals surface area contributed by atoms with Gasteiger partial charge >= 0.3 is 0 Å². The second-order valence-corrected chi connectivity index (χ2v) is 5.41. The number of rotatable bonds is 4. The molecule has 2 rings (SSSR count). The molecule has 1 aromatic carbocycles. The van der Waals surface area contributed by atoms with Crippen LogP contribution in [0.1, 0.15) is 24.2 Å². The predicted molar refractivity (Wildman–Crippen MR) is 73.8 cm³/mol. The van der Waals surface area contributed by atoms with Crippen LogP contribution < -0.4 is 4.74 Å². The lowest BCUT2D eigenvalue weighted by Crippen LogP contribution is -2.54. The molecular weight excluding hydrogens is 242 g/mol. The minimum atomic E-state index is -0.101. The van der Waals surface area contributed by atoms with Crippen molar-refractivity contribution < 1.29 is 14.3 Å². The summed E-state index contributed by atoms with van der Waals surface area (Å²) in [5.41, 5.74) is 0.544. The number of benzene rings is 1. The van der Waals surface area contributed by atoms with E-state index in [0.717, 1.165) is 6.54 Å². The lowest BCUT2D eigenvalue weighted by molar-refractivity contribution is -0.0467. The third-order valence-electron chi connectivity index (χ3n) is 3.56. The zero-order valence-electron chi connectivity index (χ0n) is 11.8. The zero-order chi connectivity index (χ0) is 13.9. The van der Waals surface area contributed by atoms with Crippen LogP contribution >= 0.6 is 0 Å². The molecule has 0 amide bonds. The number of carbonyl (C=O) groups is 1. The molecule has 4 heteroatoms. The summed E-state index contributed by atoms with van der Waals surface area (Å²) in [6, 6.07) is 7.36. The number of hydrogen-bond acceptors (Lipinski definition) is 4. The van der Waals surface area contributed by atoms with Crippen LogP contribution in [0.3, 0.4) is 0 Å². The molecule has 1 saturated heterocycles. The minimum absolute atomic E-state index is 0.0902. The van der Waals surface area contributed by atoms with E-state index in [2.05, 4.69) is 18.7 Å². The predicted octanol–water partition coefficient (Wildman–Crippen LogP) is 1.99. The van der Waals surface area contributed by atoms with Gasteiger partial charge in [-0.15, -0.1) is 0 Å². The Bertz CT molecular complexity index is 456. The quantitative estimate of drug-likeness (QED) is 0.779. The summed E-state index contributed by atoms with van der Waals surface area (Å²) >= 11 is 0. The van der Waals surface area contributed by atoms with Gasteiger partial charge in [0.2, 0.25) is 0 Å². The molecule has 0 bridgehead atoms. The lowest BCUT2D eigenvalue weighted by Gasteiger charge is -2.41. The summed E-state index contributed by atoms with van der Waals surface area (Å²) in [7, 11) is 1.59. The highest BCUT2D eigenvalue weighted by atomic mass is 16.5. The van der Waals surface area contributed by atoms with E-state index in [0.29, 0.717) is 31.1 Å². The third kappa shape index (κ3) is 3.14. The number of carbonyl (C=O) groups excluding carboxylic acids is 1. The maximum Gasteiger partial charge on any atom is 0.180 e. The van der Waals surface area contributed by atoms with E-state index in [4.69, 9.17) is 9.47 Å². The molecule has 19 heavy (non-hydrogen) atoms. The van der Waals surface area contributed by atoms with Crippen molar-refractivity contribution in [3.05, 3.63) is 29.8 Å². The number of para-hydroxylation sites is 1. The van der Waals surface area contributed by atoms with Crippen LogP contribution in [0.2, 0.25) is 0 Å². The van der Waals surface area contributed by atoms with Crippen LogP contribution in [0.25, 0.3) is 0 Å². The summed E-state index contributed by atoms with van der Waals surface area (Å²) in [5, 5.41) is 0. The Hall–Kier alpha value is -1.39. The van der Waals surface area contributed by atoms with Crippen molar-refractivity contribution in [3.63, 3.8) is 0 Å². The molecule has 0 spiro atoms. The maximum absolute atomic E-state index is 12.4. The Morgan fingerprint density at radius 1 is 1.42 bits per heavy atom. The molecule has 1 aliphatic heterocycles. The number of morpholine rings is 1. The van der Waals surface area contributed by atoms with E-state index in [-0.39, 0.29) is 11.3 Å². The van der Waals surface area contributed by atoms with E-state index >= 15 is 0 Å². The highest BCUT2D eigenvalue weighted by Crippen LogP contribution is 2.22. The first kappa shape index (κ1) is 14.0. The Morgan fingerprint density at radius 3 is 2.84 bits per heavy atom. The minimum Gasteiger partial charge on any atom is -0.496 e. The van der Waals surface area contributed by atoms with Crippen LogP contribution in [-0.2, 0) is 4.74 Å². The largest absolute Gasteiger partial charge is 0.496 e. The molecule has 0 aromatic heterocycles. The number of hydrogen-bond donors (Lipinski definition) is 0. The molecule has 1 fully saturated rings. The molecule has 0 atom stereocenters. The summed E-state index contributed by atoms with van der Waals surface area (Å²) < 4.78 is 10.7. The highest BCUT2D eigenvalue weighted by molar-refractivity contribution is 6.00. The summed E-state index contributed by atoms with van der Waals surface area (Å²) in [6.45, 7) is 6.72. The summed E-state index contributed by atoms with van der Waals surface area (Å²) in [4.78, 5) is 14.6.